The predicted octanol–water partition coefficient (Wildman–Crippen LogP) is 1.68. The van der Waals surface area contributed by atoms with Gasteiger partial charge in [0.2, 0.25) is 0 Å². The van der Waals surface area contributed by atoms with Gasteiger partial charge in [0.1, 0.15) is 12.2 Å². The standard InChI is InChI=1S/C21H23N3O4/c1-15-7-9-22(10-8-16-5-3-2-4-6-16)19(25)18(15)20(26)23-11-12-24-17(13-23)14-28-21(24)27/h2-7,9,17H,8,10-14H2,1H3. The number of cyclic esters (lactones) is 1. The van der Waals surface area contributed by atoms with Crippen LogP contribution in [0, 0.1) is 6.92 Å². The van der Waals surface area contributed by atoms with Crippen molar-refractivity contribution < 1.29 is 14.3 Å². The van der Waals surface area contributed by atoms with Crippen LogP contribution in [0.15, 0.2) is 47.4 Å². The smallest absolute Gasteiger partial charge is 0.410 e. The average Bonchev–Trinajstić information content (AvgIpc) is 3.08. The van der Waals surface area contributed by atoms with Gasteiger partial charge in [-0.2, -0.15) is 0 Å². The number of ether oxygens (including phenoxy) is 1. The Balaban J connectivity index is 1.53. The molecule has 2 fully saturated rings. The van der Waals surface area contributed by atoms with Crippen LogP contribution in [0.2, 0.25) is 0 Å². The molecule has 4 rings (SSSR count). The summed E-state index contributed by atoms with van der Waals surface area (Å²) in [5.74, 6) is -0.268. The molecule has 1 atom stereocenters. The number of pyridine rings is 1. The maximum Gasteiger partial charge on any atom is 0.410 e. The number of aromatic nitrogens is 1. The lowest BCUT2D eigenvalue weighted by Gasteiger charge is -2.35. The molecule has 3 heterocycles. The molecular formula is C21H23N3O4. The minimum atomic E-state index is -0.323. The minimum absolute atomic E-state index is 0.130. The van der Waals surface area contributed by atoms with Crippen LogP contribution >= 0.6 is 0 Å². The number of hydrogen-bond acceptors (Lipinski definition) is 4. The number of amides is 2. The van der Waals surface area contributed by atoms with E-state index in [0.29, 0.717) is 31.7 Å². The number of carbonyl (C=O) groups excluding carboxylic acids is 2. The summed E-state index contributed by atoms with van der Waals surface area (Å²) in [5.41, 5.74) is 1.77. The Bertz CT molecular complexity index is 954. The zero-order valence-electron chi connectivity index (χ0n) is 15.8. The number of nitrogens with zero attached hydrogens (tertiary/aromatic N) is 3. The Morgan fingerprint density at radius 1 is 1.14 bits per heavy atom. The predicted molar refractivity (Wildman–Crippen MR) is 103 cm³/mol. The molecule has 2 aromatic rings. The number of hydrogen-bond donors (Lipinski definition) is 0. The van der Waals surface area contributed by atoms with E-state index < -0.39 is 0 Å². The van der Waals surface area contributed by atoms with Crippen LogP contribution in [0.4, 0.5) is 4.79 Å². The van der Waals surface area contributed by atoms with Crippen LogP contribution in [-0.4, -0.2) is 58.7 Å². The van der Waals surface area contributed by atoms with Gasteiger partial charge in [-0.3, -0.25) is 14.5 Å². The van der Waals surface area contributed by atoms with E-state index in [1.54, 1.807) is 27.5 Å². The molecular weight excluding hydrogens is 358 g/mol. The second kappa shape index (κ2) is 7.50. The fourth-order valence-electron chi connectivity index (χ4n) is 3.83. The van der Waals surface area contributed by atoms with Gasteiger partial charge in [0.15, 0.2) is 0 Å². The summed E-state index contributed by atoms with van der Waals surface area (Å²) < 4.78 is 6.66. The largest absolute Gasteiger partial charge is 0.447 e. The Morgan fingerprint density at radius 3 is 2.71 bits per heavy atom. The highest BCUT2D eigenvalue weighted by Gasteiger charge is 2.39. The fourth-order valence-corrected chi connectivity index (χ4v) is 3.83. The Morgan fingerprint density at radius 2 is 1.93 bits per heavy atom. The van der Waals surface area contributed by atoms with E-state index in [9.17, 15) is 14.4 Å². The van der Waals surface area contributed by atoms with Crippen LogP contribution in [-0.2, 0) is 17.7 Å². The van der Waals surface area contributed by atoms with Gasteiger partial charge in [0.25, 0.3) is 11.5 Å². The van der Waals surface area contributed by atoms with Crippen LogP contribution < -0.4 is 5.56 Å². The molecule has 0 spiro atoms. The lowest BCUT2D eigenvalue weighted by molar-refractivity contribution is 0.0613. The van der Waals surface area contributed by atoms with Crippen LogP contribution in [0.3, 0.4) is 0 Å². The second-order valence-corrected chi connectivity index (χ2v) is 7.28. The van der Waals surface area contributed by atoms with Crippen molar-refractivity contribution in [3.05, 3.63) is 69.6 Å². The Labute approximate surface area is 163 Å². The summed E-state index contributed by atoms with van der Waals surface area (Å²) in [6.45, 7) is 3.82. The van der Waals surface area contributed by atoms with Crippen molar-refractivity contribution in [2.45, 2.75) is 25.9 Å². The highest BCUT2D eigenvalue weighted by Crippen LogP contribution is 2.19. The number of rotatable bonds is 4. The van der Waals surface area contributed by atoms with E-state index in [4.69, 9.17) is 4.74 Å². The van der Waals surface area contributed by atoms with Gasteiger partial charge < -0.3 is 14.2 Å². The summed E-state index contributed by atoms with van der Waals surface area (Å²) in [6, 6.07) is 11.6. The van der Waals surface area contributed by atoms with Gasteiger partial charge in [0.05, 0.1) is 6.04 Å². The summed E-state index contributed by atoms with van der Waals surface area (Å²) in [7, 11) is 0. The van der Waals surface area contributed by atoms with Crippen LogP contribution in [0.1, 0.15) is 21.5 Å². The van der Waals surface area contributed by atoms with Crippen LogP contribution in [0.25, 0.3) is 0 Å². The molecule has 0 aliphatic carbocycles. The quantitative estimate of drug-likeness (QED) is 0.808. The van der Waals surface area contributed by atoms with E-state index in [1.807, 2.05) is 36.4 Å². The van der Waals surface area contributed by atoms with Gasteiger partial charge in [0, 0.05) is 32.4 Å². The molecule has 7 heteroatoms. The molecule has 2 saturated heterocycles. The molecule has 0 saturated carbocycles. The summed E-state index contributed by atoms with van der Waals surface area (Å²) in [5, 5.41) is 0. The fraction of sp³-hybridized carbons (Fsp3) is 0.381. The molecule has 1 unspecified atom stereocenters. The van der Waals surface area contributed by atoms with Gasteiger partial charge in [-0.1, -0.05) is 30.3 Å². The molecule has 2 aliphatic rings. The third-order valence-corrected chi connectivity index (χ3v) is 5.48. The van der Waals surface area contributed by atoms with E-state index in [1.165, 1.54) is 0 Å². The zero-order chi connectivity index (χ0) is 19.7. The normalized spacial score (nSPS) is 18.8. The van der Waals surface area contributed by atoms with Crippen molar-refractivity contribution in [1.82, 2.24) is 14.4 Å². The number of aryl methyl sites for hydroxylation is 3. The van der Waals surface area contributed by atoms with Crippen molar-refractivity contribution in [2.75, 3.05) is 26.2 Å². The van der Waals surface area contributed by atoms with Crippen molar-refractivity contribution in [3.8, 4) is 0 Å². The number of carbonyl (C=O) groups is 2. The van der Waals surface area contributed by atoms with Crippen molar-refractivity contribution >= 4 is 12.0 Å². The zero-order valence-corrected chi connectivity index (χ0v) is 15.8. The van der Waals surface area contributed by atoms with Gasteiger partial charge in [-0.25, -0.2) is 4.79 Å². The molecule has 146 valence electrons. The number of piperazine rings is 1. The van der Waals surface area contributed by atoms with E-state index in [0.717, 1.165) is 12.0 Å². The molecule has 2 aliphatic heterocycles. The Hall–Kier alpha value is -3.09. The molecule has 2 amide bonds. The first-order chi connectivity index (χ1) is 13.5. The van der Waals surface area contributed by atoms with Crippen molar-refractivity contribution in [3.63, 3.8) is 0 Å². The Kier molecular flexibility index (Phi) is 4.90. The third kappa shape index (κ3) is 3.40. The van der Waals surface area contributed by atoms with E-state index >= 15 is 0 Å². The highest BCUT2D eigenvalue weighted by molar-refractivity contribution is 5.95. The summed E-state index contributed by atoms with van der Waals surface area (Å²) in [6.07, 6.45) is 2.15. The monoisotopic (exact) mass is 381 g/mol. The van der Waals surface area contributed by atoms with Crippen molar-refractivity contribution in [2.24, 2.45) is 0 Å². The number of fused-ring (bicyclic) bond motifs is 1. The average molecular weight is 381 g/mol. The van der Waals surface area contributed by atoms with Gasteiger partial charge >= 0.3 is 6.09 Å². The van der Waals surface area contributed by atoms with E-state index in [-0.39, 0.29) is 35.8 Å². The molecule has 0 radical (unpaired) electrons. The molecule has 0 bridgehead atoms. The SMILES string of the molecule is Cc1ccn(CCc2ccccc2)c(=O)c1C(=O)N1CCN2C(=O)OCC2C1. The first-order valence-corrected chi connectivity index (χ1v) is 9.51. The molecule has 7 nitrogen and oxygen atoms in total. The maximum atomic E-state index is 13.1. The van der Waals surface area contributed by atoms with Gasteiger partial charge in [-0.05, 0) is 30.5 Å². The first-order valence-electron chi connectivity index (χ1n) is 9.51. The molecule has 0 N–H and O–H groups in total. The van der Waals surface area contributed by atoms with Gasteiger partial charge in [-0.15, -0.1) is 0 Å². The molecule has 1 aromatic heterocycles. The summed E-state index contributed by atoms with van der Waals surface area (Å²) >= 11 is 0. The minimum Gasteiger partial charge on any atom is -0.447 e. The highest BCUT2D eigenvalue weighted by atomic mass is 16.6. The topological polar surface area (TPSA) is 71.9 Å². The first kappa shape index (κ1) is 18.3. The number of benzene rings is 1. The van der Waals surface area contributed by atoms with Crippen LogP contribution in [0.5, 0.6) is 0 Å². The van der Waals surface area contributed by atoms with Crippen molar-refractivity contribution in [1.29, 1.82) is 0 Å². The molecule has 28 heavy (non-hydrogen) atoms. The lowest BCUT2D eigenvalue weighted by atomic mass is 10.1. The second-order valence-electron chi connectivity index (χ2n) is 7.28. The lowest BCUT2D eigenvalue weighted by Crippen LogP contribution is -2.54. The summed E-state index contributed by atoms with van der Waals surface area (Å²) in [4.78, 5) is 41.1. The maximum absolute atomic E-state index is 13.1. The third-order valence-electron chi connectivity index (χ3n) is 5.48. The molecule has 1 aromatic carbocycles. The van der Waals surface area contributed by atoms with E-state index in [2.05, 4.69) is 0 Å².